The Morgan fingerprint density at radius 2 is 2.43 bits per heavy atom. The van der Waals surface area contributed by atoms with Gasteiger partial charge in [0.25, 0.3) is 0 Å². The van der Waals surface area contributed by atoms with Crippen molar-refractivity contribution < 1.29 is 5.11 Å². The first-order valence-electron chi connectivity index (χ1n) is 3.89. The summed E-state index contributed by atoms with van der Waals surface area (Å²) in [6, 6.07) is 3.85. The zero-order chi connectivity index (χ0) is 9.97. The van der Waals surface area contributed by atoms with Gasteiger partial charge in [-0.2, -0.15) is 0 Å². The standard InChI is InChI=1S/C7H8N4OS2/c1-11-7(8-9-10-11)14-6-3-2-5(4-12)13-6/h2-3,12H,4H2,1H3. The molecule has 0 aliphatic rings. The number of rotatable bonds is 3. The van der Waals surface area contributed by atoms with Crippen LogP contribution in [0.25, 0.3) is 0 Å². The van der Waals surface area contributed by atoms with Gasteiger partial charge in [-0.3, -0.25) is 0 Å². The van der Waals surface area contributed by atoms with Crippen LogP contribution in [-0.2, 0) is 13.7 Å². The maximum atomic E-state index is 8.89. The van der Waals surface area contributed by atoms with E-state index < -0.39 is 0 Å². The maximum absolute atomic E-state index is 8.89. The van der Waals surface area contributed by atoms with Crippen molar-refractivity contribution in [2.75, 3.05) is 0 Å². The van der Waals surface area contributed by atoms with Crippen LogP contribution in [0.5, 0.6) is 0 Å². The number of aryl methyl sites for hydroxylation is 1. The first kappa shape index (κ1) is 9.63. The number of aliphatic hydroxyl groups is 1. The molecule has 0 aliphatic heterocycles. The van der Waals surface area contributed by atoms with Crippen LogP contribution in [0.15, 0.2) is 21.5 Å². The van der Waals surface area contributed by atoms with Gasteiger partial charge in [0, 0.05) is 11.9 Å². The first-order valence-corrected chi connectivity index (χ1v) is 5.52. The van der Waals surface area contributed by atoms with E-state index in [0.29, 0.717) is 0 Å². The smallest absolute Gasteiger partial charge is 0.214 e. The van der Waals surface area contributed by atoms with Crippen molar-refractivity contribution >= 4 is 23.1 Å². The molecule has 0 unspecified atom stereocenters. The lowest BCUT2D eigenvalue weighted by Crippen LogP contribution is -1.91. The van der Waals surface area contributed by atoms with Crippen molar-refractivity contribution in [3.8, 4) is 0 Å². The van der Waals surface area contributed by atoms with E-state index in [1.165, 1.54) is 11.8 Å². The first-order chi connectivity index (χ1) is 6.79. The second-order valence-corrected chi connectivity index (χ2v) is 5.00. The van der Waals surface area contributed by atoms with Crippen LogP contribution in [0.4, 0.5) is 0 Å². The van der Waals surface area contributed by atoms with Crippen LogP contribution in [0.3, 0.4) is 0 Å². The van der Waals surface area contributed by atoms with Crippen LogP contribution in [0, 0.1) is 0 Å². The Hall–Kier alpha value is -0.920. The van der Waals surface area contributed by atoms with Crippen LogP contribution in [0.1, 0.15) is 4.88 Å². The van der Waals surface area contributed by atoms with Crippen molar-refractivity contribution in [2.45, 2.75) is 16.0 Å². The lowest BCUT2D eigenvalue weighted by molar-refractivity contribution is 0.285. The zero-order valence-electron chi connectivity index (χ0n) is 7.41. The van der Waals surface area contributed by atoms with E-state index in [1.807, 2.05) is 12.1 Å². The summed E-state index contributed by atoms with van der Waals surface area (Å²) in [6.07, 6.45) is 0. The second kappa shape index (κ2) is 4.07. The van der Waals surface area contributed by atoms with Gasteiger partial charge in [0.2, 0.25) is 5.16 Å². The molecule has 74 valence electrons. The molecule has 2 rings (SSSR count). The Bertz CT molecular complexity index is 425. The molecule has 0 saturated heterocycles. The third-order valence-electron chi connectivity index (χ3n) is 1.57. The fourth-order valence-corrected chi connectivity index (χ4v) is 2.76. The predicted molar refractivity (Wildman–Crippen MR) is 53.2 cm³/mol. The van der Waals surface area contributed by atoms with E-state index in [0.717, 1.165) is 14.2 Å². The molecule has 0 saturated carbocycles. The number of hydrogen-bond donors (Lipinski definition) is 1. The van der Waals surface area contributed by atoms with Gasteiger partial charge in [-0.1, -0.05) is 0 Å². The van der Waals surface area contributed by atoms with E-state index in [9.17, 15) is 0 Å². The Morgan fingerprint density at radius 1 is 1.57 bits per heavy atom. The van der Waals surface area contributed by atoms with Gasteiger partial charge in [0.1, 0.15) is 0 Å². The van der Waals surface area contributed by atoms with E-state index in [1.54, 1.807) is 23.1 Å². The molecule has 2 aromatic rings. The summed E-state index contributed by atoms with van der Waals surface area (Å²) in [5.74, 6) is 0. The molecule has 0 aliphatic carbocycles. The molecule has 2 heterocycles. The molecule has 0 aromatic carbocycles. The molecule has 5 nitrogen and oxygen atoms in total. The monoisotopic (exact) mass is 228 g/mol. The minimum absolute atomic E-state index is 0.0856. The number of tetrazole rings is 1. The van der Waals surface area contributed by atoms with E-state index in [-0.39, 0.29) is 6.61 Å². The Balaban J connectivity index is 2.15. The Kier molecular flexibility index (Phi) is 2.80. The van der Waals surface area contributed by atoms with E-state index >= 15 is 0 Å². The highest BCUT2D eigenvalue weighted by Gasteiger charge is 2.06. The van der Waals surface area contributed by atoms with Crippen LogP contribution >= 0.6 is 23.1 Å². The molecular formula is C7H8N4OS2. The molecule has 2 aromatic heterocycles. The molecule has 1 N–H and O–H groups in total. The predicted octanol–water partition coefficient (Wildman–Crippen LogP) is 0.915. The van der Waals surface area contributed by atoms with Gasteiger partial charge in [0.15, 0.2) is 0 Å². The summed E-state index contributed by atoms with van der Waals surface area (Å²) < 4.78 is 2.69. The Morgan fingerprint density at radius 3 is 3.00 bits per heavy atom. The molecule has 0 radical (unpaired) electrons. The number of thiophene rings is 1. The minimum Gasteiger partial charge on any atom is -0.391 e. The number of aromatic nitrogens is 4. The molecule has 14 heavy (non-hydrogen) atoms. The van der Waals surface area contributed by atoms with E-state index in [2.05, 4.69) is 15.5 Å². The average Bonchev–Trinajstić information content (AvgIpc) is 2.77. The maximum Gasteiger partial charge on any atom is 0.214 e. The third-order valence-corrected chi connectivity index (χ3v) is 3.80. The highest BCUT2D eigenvalue weighted by molar-refractivity contribution is 8.01. The minimum atomic E-state index is 0.0856. The molecule has 0 amide bonds. The topological polar surface area (TPSA) is 63.8 Å². The normalized spacial score (nSPS) is 10.7. The number of hydrogen-bond acceptors (Lipinski definition) is 6. The zero-order valence-corrected chi connectivity index (χ0v) is 9.05. The van der Waals surface area contributed by atoms with Crippen molar-refractivity contribution in [3.63, 3.8) is 0 Å². The Labute approximate surface area is 88.8 Å². The summed E-state index contributed by atoms with van der Waals surface area (Å²) in [5, 5.41) is 20.8. The molecule has 0 atom stereocenters. The lowest BCUT2D eigenvalue weighted by Gasteiger charge is -1.93. The highest BCUT2D eigenvalue weighted by Crippen LogP contribution is 2.31. The molecular weight excluding hydrogens is 220 g/mol. The van der Waals surface area contributed by atoms with Gasteiger partial charge in [-0.25, -0.2) is 4.68 Å². The van der Waals surface area contributed by atoms with Crippen molar-refractivity contribution in [1.29, 1.82) is 0 Å². The molecule has 0 spiro atoms. The summed E-state index contributed by atoms with van der Waals surface area (Å²) in [6.45, 7) is 0.0856. The average molecular weight is 228 g/mol. The fourth-order valence-electron chi connectivity index (χ4n) is 0.896. The van der Waals surface area contributed by atoms with Gasteiger partial charge >= 0.3 is 0 Å². The third kappa shape index (κ3) is 1.94. The van der Waals surface area contributed by atoms with Gasteiger partial charge in [-0.05, 0) is 34.3 Å². The van der Waals surface area contributed by atoms with Crippen molar-refractivity contribution in [1.82, 2.24) is 20.2 Å². The van der Waals surface area contributed by atoms with Crippen LogP contribution in [-0.4, -0.2) is 25.3 Å². The van der Waals surface area contributed by atoms with Gasteiger partial charge in [-0.15, -0.1) is 16.4 Å². The van der Waals surface area contributed by atoms with Crippen molar-refractivity contribution in [2.24, 2.45) is 7.05 Å². The van der Waals surface area contributed by atoms with Crippen LogP contribution < -0.4 is 0 Å². The second-order valence-electron chi connectivity index (χ2n) is 2.57. The summed E-state index contributed by atoms with van der Waals surface area (Å²) >= 11 is 3.04. The van der Waals surface area contributed by atoms with E-state index in [4.69, 9.17) is 5.11 Å². The lowest BCUT2D eigenvalue weighted by atomic mass is 10.5. The SMILES string of the molecule is Cn1nnnc1Sc1ccc(CO)s1. The molecule has 0 fully saturated rings. The number of nitrogens with zero attached hydrogens (tertiary/aromatic N) is 4. The fraction of sp³-hybridized carbons (Fsp3) is 0.286. The summed E-state index contributed by atoms with van der Waals surface area (Å²) in [5.41, 5.74) is 0. The van der Waals surface area contributed by atoms with Gasteiger partial charge in [0.05, 0.1) is 10.8 Å². The quantitative estimate of drug-likeness (QED) is 0.846. The largest absolute Gasteiger partial charge is 0.391 e. The van der Waals surface area contributed by atoms with Crippen LogP contribution in [0.2, 0.25) is 0 Å². The number of aliphatic hydroxyl groups excluding tert-OH is 1. The highest BCUT2D eigenvalue weighted by atomic mass is 32.2. The molecule has 7 heteroatoms. The summed E-state index contributed by atoms with van der Waals surface area (Å²) in [4.78, 5) is 0.947. The van der Waals surface area contributed by atoms with Gasteiger partial charge < -0.3 is 5.11 Å². The summed E-state index contributed by atoms with van der Waals surface area (Å²) in [7, 11) is 1.79. The van der Waals surface area contributed by atoms with Crippen molar-refractivity contribution in [3.05, 3.63) is 17.0 Å². The molecule has 0 bridgehead atoms.